The first kappa shape index (κ1) is 13.5. The molecule has 1 aliphatic heterocycles. The molecular formula is C14H19NO4. The molecule has 5 heteroatoms. The van der Waals surface area contributed by atoms with Gasteiger partial charge < -0.3 is 19.5 Å². The number of carbonyl (C=O) groups is 1. The van der Waals surface area contributed by atoms with Crippen LogP contribution in [0.5, 0.6) is 11.5 Å². The third-order valence-electron chi connectivity index (χ3n) is 3.16. The highest BCUT2D eigenvalue weighted by Gasteiger charge is 2.16. The van der Waals surface area contributed by atoms with Crippen molar-refractivity contribution in [1.82, 2.24) is 0 Å². The molecule has 0 atom stereocenters. The van der Waals surface area contributed by atoms with Gasteiger partial charge in [0.15, 0.2) is 11.5 Å². The Labute approximate surface area is 112 Å². The van der Waals surface area contributed by atoms with Gasteiger partial charge >= 0.3 is 5.97 Å². The van der Waals surface area contributed by atoms with Gasteiger partial charge in [-0.2, -0.15) is 0 Å². The zero-order chi connectivity index (χ0) is 13.8. The summed E-state index contributed by atoms with van der Waals surface area (Å²) in [6.07, 6.45) is 0.813. The minimum Gasteiger partial charge on any atom is -0.486 e. The highest BCUT2D eigenvalue weighted by atomic mass is 16.6. The molecule has 0 aromatic heterocycles. The second-order valence-corrected chi connectivity index (χ2v) is 4.70. The van der Waals surface area contributed by atoms with Crippen molar-refractivity contribution >= 4 is 11.7 Å². The Bertz CT molecular complexity index is 473. The van der Waals surface area contributed by atoms with E-state index >= 15 is 0 Å². The molecule has 0 radical (unpaired) electrons. The summed E-state index contributed by atoms with van der Waals surface area (Å²) in [7, 11) is 1.96. The summed E-state index contributed by atoms with van der Waals surface area (Å²) < 4.78 is 11.1. The van der Waals surface area contributed by atoms with Gasteiger partial charge in [0.2, 0.25) is 0 Å². The number of fused-ring (bicyclic) bond motifs is 1. The van der Waals surface area contributed by atoms with Gasteiger partial charge in [-0.15, -0.1) is 0 Å². The normalized spacial score (nSPS) is 13.2. The summed E-state index contributed by atoms with van der Waals surface area (Å²) in [5.74, 6) is 0.788. The molecule has 1 aromatic rings. The number of hydrogen-bond acceptors (Lipinski definition) is 4. The van der Waals surface area contributed by atoms with Gasteiger partial charge in [0, 0.05) is 31.8 Å². The fourth-order valence-corrected chi connectivity index (χ4v) is 2.18. The van der Waals surface area contributed by atoms with Crippen LogP contribution in [-0.4, -0.2) is 37.9 Å². The molecule has 0 aliphatic carbocycles. The highest BCUT2D eigenvalue weighted by Crippen LogP contribution is 2.36. The summed E-state index contributed by atoms with van der Waals surface area (Å²) >= 11 is 0. The van der Waals surface area contributed by atoms with E-state index in [0.717, 1.165) is 22.7 Å². The van der Waals surface area contributed by atoms with Crippen molar-refractivity contribution in [2.45, 2.75) is 19.8 Å². The van der Waals surface area contributed by atoms with Gasteiger partial charge in [-0.1, -0.05) is 0 Å². The number of ether oxygens (including phenoxy) is 2. The van der Waals surface area contributed by atoms with Crippen molar-refractivity contribution in [3.63, 3.8) is 0 Å². The molecule has 1 heterocycles. The van der Waals surface area contributed by atoms with Crippen LogP contribution in [0.3, 0.4) is 0 Å². The van der Waals surface area contributed by atoms with Crippen LogP contribution in [0.4, 0.5) is 5.69 Å². The minimum atomic E-state index is -0.757. The van der Waals surface area contributed by atoms with Crippen LogP contribution in [0.15, 0.2) is 12.1 Å². The van der Waals surface area contributed by atoms with Crippen molar-refractivity contribution in [3.05, 3.63) is 17.7 Å². The van der Waals surface area contributed by atoms with E-state index in [-0.39, 0.29) is 6.42 Å². The van der Waals surface area contributed by atoms with E-state index in [0.29, 0.717) is 26.2 Å². The Morgan fingerprint density at radius 2 is 1.95 bits per heavy atom. The van der Waals surface area contributed by atoms with Crippen molar-refractivity contribution in [2.75, 3.05) is 31.7 Å². The lowest BCUT2D eigenvalue weighted by molar-refractivity contribution is -0.137. The number of carboxylic acid groups (broad SMARTS) is 1. The third kappa shape index (κ3) is 3.30. The molecule has 0 saturated carbocycles. The summed E-state index contributed by atoms with van der Waals surface area (Å²) in [6, 6.07) is 3.93. The molecule has 0 spiro atoms. The van der Waals surface area contributed by atoms with Gasteiger partial charge in [0.25, 0.3) is 0 Å². The molecule has 0 saturated heterocycles. The zero-order valence-electron chi connectivity index (χ0n) is 11.3. The number of hydrogen-bond donors (Lipinski definition) is 1. The number of rotatable bonds is 5. The molecule has 0 fully saturated rings. The van der Waals surface area contributed by atoms with Crippen molar-refractivity contribution in [1.29, 1.82) is 0 Å². The lowest BCUT2D eigenvalue weighted by Gasteiger charge is -2.25. The maximum absolute atomic E-state index is 10.5. The van der Waals surface area contributed by atoms with Crippen molar-refractivity contribution in [2.24, 2.45) is 0 Å². The average molecular weight is 265 g/mol. The predicted molar refractivity (Wildman–Crippen MR) is 72.3 cm³/mol. The largest absolute Gasteiger partial charge is 0.486 e. The van der Waals surface area contributed by atoms with Crippen LogP contribution in [0.25, 0.3) is 0 Å². The maximum atomic E-state index is 10.5. The first-order chi connectivity index (χ1) is 9.08. The Morgan fingerprint density at radius 1 is 1.32 bits per heavy atom. The number of carboxylic acids is 1. The molecule has 0 amide bonds. The van der Waals surface area contributed by atoms with E-state index in [1.165, 1.54) is 0 Å². The van der Waals surface area contributed by atoms with E-state index < -0.39 is 5.97 Å². The maximum Gasteiger partial charge on any atom is 0.303 e. The van der Waals surface area contributed by atoms with Gasteiger partial charge in [-0.25, -0.2) is 0 Å². The molecule has 1 aromatic carbocycles. The van der Waals surface area contributed by atoms with Crippen molar-refractivity contribution < 1.29 is 19.4 Å². The fourth-order valence-electron chi connectivity index (χ4n) is 2.18. The predicted octanol–water partition coefficient (Wildman–Crippen LogP) is 2.07. The van der Waals surface area contributed by atoms with E-state index in [4.69, 9.17) is 14.6 Å². The van der Waals surface area contributed by atoms with Crippen LogP contribution >= 0.6 is 0 Å². The summed E-state index contributed by atoms with van der Waals surface area (Å²) in [6.45, 7) is 3.87. The van der Waals surface area contributed by atoms with Crippen LogP contribution in [0.1, 0.15) is 18.4 Å². The molecule has 19 heavy (non-hydrogen) atoms. The Kier molecular flexibility index (Phi) is 4.14. The number of nitrogens with zero attached hydrogens (tertiary/aromatic N) is 1. The topological polar surface area (TPSA) is 59.0 Å². The van der Waals surface area contributed by atoms with Gasteiger partial charge in [-0.3, -0.25) is 4.79 Å². The molecule has 5 nitrogen and oxygen atoms in total. The molecule has 0 unspecified atom stereocenters. The summed E-state index contributed by atoms with van der Waals surface area (Å²) in [5.41, 5.74) is 2.15. The van der Waals surface area contributed by atoms with Crippen molar-refractivity contribution in [3.8, 4) is 11.5 Å². The highest BCUT2D eigenvalue weighted by molar-refractivity contribution is 5.67. The standard InChI is InChI=1S/C14H19NO4/c1-10-8-12-13(19-7-6-18-12)9-11(10)15(2)5-3-4-14(16)17/h8-9H,3-7H2,1-2H3,(H,16,17). The second kappa shape index (κ2) is 5.82. The Balaban J connectivity index is 2.08. The molecule has 1 aliphatic rings. The zero-order valence-corrected chi connectivity index (χ0v) is 11.3. The summed E-state index contributed by atoms with van der Waals surface area (Å²) in [4.78, 5) is 12.6. The number of benzene rings is 1. The lowest BCUT2D eigenvalue weighted by Crippen LogP contribution is -2.21. The number of aliphatic carboxylic acids is 1. The minimum absolute atomic E-state index is 0.188. The first-order valence-corrected chi connectivity index (χ1v) is 6.41. The summed E-state index contributed by atoms with van der Waals surface area (Å²) in [5, 5.41) is 8.65. The smallest absolute Gasteiger partial charge is 0.303 e. The van der Waals surface area contributed by atoms with E-state index in [9.17, 15) is 4.79 Å². The van der Waals surface area contributed by atoms with Gasteiger partial charge in [-0.05, 0) is 25.0 Å². The van der Waals surface area contributed by atoms with E-state index in [1.54, 1.807) is 0 Å². The number of aryl methyl sites for hydroxylation is 1. The molecule has 2 rings (SSSR count). The van der Waals surface area contributed by atoms with E-state index in [1.807, 2.05) is 26.1 Å². The third-order valence-corrected chi connectivity index (χ3v) is 3.16. The van der Waals surface area contributed by atoms with Gasteiger partial charge in [0.1, 0.15) is 13.2 Å². The number of anilines is 1. The van der Waals surface area contributed by atoms with Gasteiger partial charge in [0.05, 0.1) is 0 Å². The van der Waals surface area contributed by atoms with Crippen LogP contribution in [-0.2, 0) is 4.79 Å². The fraction of sp³-hybridized carbons (Fsp3) is 0.500. The molecule has 1 N–H and O–H groups in total. The Morgan fingerprint density at radius 3 is 2.58 bits per heavy atom. The molecule has 0 bridgehead atoms. The van der Waals surface area contributed by atoms with Crippen LogP contribution in [0, 0.1) is 6.92 Å². The van der Waals surface area contributed by atoms with Crippen LogP contribution < -0.4 is 14.4 Å². The van der Waals surface area contributed by atoms with E-state index in [2.05, 4.69) is 4.90 Å². The van der Waals surface area contributed by atoms with Crippen LogP contribution in [0.2, 0.25) is 0 Å². The second-order valence-electron chi connectivity index (χ2n) is 4.70. The average Bonchev–Trinajstić information content (AvgIpc) is 2.37. The quantitative estimate of drug-likeness (QED) is 0.883. The monoisotopic (exact) mass is 265 g/mol. The molecule has 104 valence electrons. The SMILES string of the molecule is Cc1cc2c(cc1N(C)CCCC(=O)O)OCCO2. The lowest BCUT2D eigenvalue weighted by atomic mass is 10.1. The molecular weight excluding hydrogens is 246 g/mol. The Hall–Kier alpha value is -1.91. The first-order valence-electron chi connectivity index (χ1n) is 6.41.